The van der Waals surface area contributed by atoms with Crippen LogP contribution in [0.1, 0.15) is 17.5 Å². The van der Waals surface area contributed by atoms with Crippen molar-refractivity contribution in [3.05, 3.63) is 65.4 Å². The van der Waals surface area contributed by atoms with Gasteiger partial charge in [-0.15, -0.1) is 0 Å². The maximum Gasteiger partial charge on any atom is 0.100 e. The SMILES string of the molecule is CN(C)C1=CCC(c2ccc3ccccc3c2C#N)=C1. The fourth-order valence-corrected chi connectivity index (χ4v) is 2.67. The molecule has 2 heteroatoms. The van der Waals surface area contributed by atoms with Gasteiger partial charge in [-0.3, -0.25) is 0 Å². The van der Waals surface area contributed by atoms with E-state index in [4.69, 9.17) is 0 Å². The largest absolute Gasteiger partial charge is 0.378 e. The Labute approximate surface area is 119 Å². The highest BCUT2D eigenvalue weighted by molar-refractivity contribution is 5.93. The van der Waals surface area contributed by atoms with Gasteiger partial charge in [-0.25, -0.2) is 0 Å². The Morgan fingerprint density at radius 2 is 1.90 bits per heavy atom. The minimum absolute atomic E-state index is 0.780. The van der Waals surface area contributed by atoms with Crippen molar-refractivity contribution in [2.45, 2.75) is 6.42 Å². The van der Waals surface area contributed by atoms with Crippen LogP contribution < -0.4 is 0 Å². The first kappa shape index (κ1) is 12.5. The zero-order chi connectivity index (χ0) is 14.1. The van der Waals surface area contributed by atoms with E-state index in [0.29, 0.717) is 0 Å². The molecule has 1 aliphatic rings. The van der Waals surface area contributed by atoms with Gasteiger partial charge in [-0.05, 0) is 29.0 Å². The predicted octanol–water partition coefficient (Wildman–Crippen LogP) is 3.94. The molecule has 0 N–H and O–H groups in total. The predicted molar refractivity (Wildman–Crippen MR) is 83.0 cm³/mol. The molecule has 0 atom stereocenters. The molecule has 1 aliphatic carbocycles. The third kappa shape index (κ3) is 1.98. The normalized spacial score (nSPS) is 13.8. The maximum absolute atomic E-state index is 9.55. The first-order valence-corrected chi connectivity index (χ1v) is 6.71. The third-order valence-electron chi connectivity index (χ3n) is 3.76. The highest BCUT2D eigenvalue weighted by Gasteiger charge is 2.15. The Morgan fingerprint density at radius 3 is 2.60 bits per heavy atom. The third-order valence-corrected chi connectivity index (χ3v) is 3.76. The summed E-state index contributed by atoms with van der Waals surface area (Å²) in [6.07, 6.45) is 5.26. The molecular formula is C18H16N2. The Bertz CT molecular complexity index is 774. The quantitative estimate of drug-likeness (QED) is 0.817. The molecule has 2 nitrogen and oxygen atoms in total. The summed E-state index contributed by atoms with van der Waals surface area (Å²) in [4.78, 5) is 2.10. The van der Waals surface area contributed by atoms with Crippen molar-refractivity contribution in [2.24, 2.45) is 0 Å². The number of hydrogen-bond acceptors (Lipinski definition) is 2. The van der Waals surface area contributed by atoms with Crippen molar-refractivity contribution in [1.82, 2.24) is 4.90 Å². The lowest BCUT2D eigenvalue weighted by atomic mass is 9.94. The molecule has 0 fully saturated rings. The Balaban J connectivity index is 2.15. The van der Waals surface area contributed by atoms with Gasteiger partial charge in [0.2, 0.25) is 0 Å². The zero-order valence-corrected chi connectivity index (χ0v) is 11.7. The van der Waals surface area contributed by atoms with Crippen molar-refractivity contribution in [2.75, 3.05) is 14.1 Å². The molecule has 0 aromatic heterocycles. The van der Waals surface area contributed by atoms with E-state index in [1.165, 1.54) is 11.3 Å². The number of fused-ring (bicyclic) bond motifs is 1. The fraction of sp³-hybridized carbons (Fsp3) is 0.167. The second-order valence-corrected chi connectivity index (χ2v) is 5.22. The molecule has 2 aromatic carbocycles. The van der Waals surface area contributed by atoms with Crippen LogP contribution in [0.4, 0.5) is 0 Å². The van der Waals surface area contributed by atoms with Gasteiger partial charge in [0.05, 0.1) is 5.56 Å². The van der Waals surface area contributed by atoms with E-state index >= 15 is 0 Å². The molecule has 0 amide bonds. The molecule has 0 spiro atoms. The molecule has 20 heavy (non-hydrogen) atoms. The van der Waals surface area contributed by atoms with E-state index in [-0.39, 0.29) is 0 Å². The average molecular weight is 260 g/mol. The molecule has 0 unspecified atom stereocenters. The second-order valence-electron chi connectivity index (χ2n) is 5.22. The van der Waals surface area contributed by atoms with Gasteiger partial charge in [0.25, 0.3) is 0 Å². The average Bonchev–Trinajstić information content (AvgIpc) is 2.95. The summed E-state index contributed by atoms with van der Waals surface area (Å²) in [7, 11) is 4.08. The van der Waals surface area contributed by atoms with Crippen LogP contribution in [0.25, 0.3) is 16.3 Å². The lowest BCUT2D eigenvalue weighted by molar-refractivity contribution is 0.531. The van der Waals surface area contributed by atoms with Gasteiger partial charge in [0, 0.05) is 25.2 Å². The van der Waals surface area contributed by atoms with Crippen LogP contribution in [0, 0.1) is 11.3 Å². The van der Waals surface area contributed by atoms with Gasteiger partial charge in [0.1, 0.15) is 6.07 Å². The number of nitrogens with zero attached hydrogens (tertiary/aromatic N) is 2. The summed E-state index contributed by atoms with van der Waals surface area (Å²) in [6.45, 7) is 0. The molecular weight excluding hydrogens is 244 g/mol. The van der Waals surface area contributed by atoms with E-state index in [1.807, 2.05) is 38.4 Å². The molecule has 98 valence electrons. The number of rotatable bonds is 2. The van der Waals surface area contributed by atoms with Gasteiger partial charge in [-0.1, -0.05) is 42.5 Å². The van der Waals surface area contributed by atoms with Crippen LogP contribution in [0.15, 0.2) is 54.2 Å². The monoisotopic (exact) mass is 260 g/mol. The maximum atomic E-state index is 9.55. The van der Waals surface area contributed by atoms with E-state index in [9.17, 15) is 5.26 Å². The molecule has 0 heterocycles. The molecule has 0 bridgehead atoms. The minimum Gasteiger partial charge on any atom is -0.378 e. The van der Waals surface area contributed by atoms with E-state index in [2.05, 4.69) is 35.3 Å². The summed E-state index contributed by atoms with van der Waals surface area (Å²) in [5.41, 5.74) is 4.26. The standard InChI is InChI=1S/C18H16N2/c1-20(2)15-9-7-14(11-15)17-10-8-13-5-3-4-6-16(13)18(17)12-19/h3-6,8-11H,7H2,1-2H3. The summed E-state index contributed by atoms with van der Waals surface area (Å²) >= 11 is 0. The van der Waals surface area contributed by atoms with Crippen molar-refractivity contribution < 1.29 is 0 Å². The number of nitriles is 1. The molecule has 0 aliphatic heterocycles. The summed E-state index contributed by atoms with van der Waals surface area (Å²) in [5.74, 6) is 0. The van der Waals surface area contributed by atoms with E-state index < -0.39 is 0 Å². The molecule has 0 radical (unpaired) electrons. The van der Waals surface area contributed by atoms with Crippen molar-refractivity contribution in [3.8, 4) is 6.07 Å². The first-order valence-electron chi connectivity index (χ1n) is 6.71. The van der Waals surface area contributed by atoms with Gasteiger partial charge < -0.3 is 4.90 Å². The molecule has 0 saturated carbocycles. The van der Waals surface area contributed by atoms with E-state index in [1.54, 1.807) is 0 Å². The number of likely N-dealkylation sites (N-methyl/N-ethyl adjacent to an activating group) is 1. The Kier molecular flexibility index (Phi) is 3.04. The van der Waals surface area contributed by atoms with Crippen LogP contribution in [-0.4, -0.2) is 19.0 Å². The van der Waals surface area contributed by atoms with Crippen molar-refractivity contribution in [1.29, 1.82) is 5.26 Å². The topological polar surface area (TPSA) is 27.0 Å². The lowest BCUT2D eigenvalue weighted by Gasteiger charge is -2.11. The summed E-state index contributed by atoms with van der Waals surface area (Å²) in [6, 6.07) is 14.6. The molecule has 3 rings (SSSR count). The summed E-state index contributed by atoms with van der Waals surface area (Å²) < 4.78 is 0. The second kappa shape index (κ2) is 4.86. The highest BCUT2D eigenvalue weighted by Crippen LogP contribution is 2.33. The minimum atomic E-state index is 0.780. The molecule has 0 saturated heterocycles. The zero-order valence-electron chi connectivity index (χ0n) is 11.7. The van der Waals surface area contributed by atoms with Gasteiger partial charge in [0.15, 0.2) is 0 Å². The first-order chi connectivity index (χ1) is 9.70. The van der Waals surface area contributed by atoms with Crippen LogP contribution in [0.2, 0.25) is 0 Å². The van der Waals surface area contributed by atoms with Gasteiger partial charge in [-0.2, -0.15) is 5.26 Å². The van der Waals surface area contributed by atoms with Crippen LogP contribution >= 0.6 is 0 Å². The Morgan fingerprint density at radius 1 is 1.10 bits per heavy atom. The number of hydrogen-bond donors (Lipinski definition) is 0. The fourth-order valence-electron chi connectivity index (χ4n) is 2.67. The van der Waals surface area contributed by atoms with Crippen LogP contribution in [0.5, 0.6) is 0 Å². The Hall–Kier alpha value is -2.53. The smallest absolute Gasteiger partial charge is 0.100 e. The van der Waals surface area contributed by atoms with Gasteiger partial charge >= 0.3 is 0 Å². The van der Waals surface area contributed by atoms with Crippen molar-refractivity contribution >= 4 is 16.3 Å². The number of benzene rings is 2. The number of allylic oxidation sites excluding steroid dienone is 3. The van der Waals surface area contributed by atoms with Crippen LogP contribution in [0.3, 0.4) is 0 Å². The highest BCUT2D eigenvalue weighted by atomic mass is 15.1. The lowest BCUT2D eigenvalue weighted by Crippen LogP contribution is -2.07. The van der Waals surface area contributed by atoms with Crippen molar-refractivity contribution in [3.63, 3.8) is 0 Å². The van der Waals surface area contributed by atoms with Crippen LogP contribution in [-0.2, 0) is 0 Å². The summed E-state index contributed by atoms with van der Waals surface area (Å²) in [5, 5.41) is 11.7. The molecule has 2 aromatic rings. The van der Waals surface area contributed by atoms with E-state index in [0.717, 1.165) is 28.3 Å².